The van der Waals surface area contributed by atoms with Crippen LogP contribution in [0.5, 0.6) is 11.5 Å². The average Bonchev–Trinajstić information content (AvgIpc) is 2.86. The highest BCUT2D eigenvalue weighted by molar-refractivity contribution is 7.99. The number of hydrogen-bond acceptors (Lipinski definition) is 11. The van der Waals surface area contributed by atoms with Crippen molar-refractivity contribution in [3.05, 3.63) is 72.8 Å². The lowest BCUT2D eigenvalue weighted by molar-refractivity contribution is -0.140. The van der Waals surface area contributed by atoms with Gasteiger partial charge in [-0.2, -0.15) is 0 Å². The Morgan fingerprint density at radius 3 is 1.24 bits per heavy atom. The van der Waals surface area contributed by atoms with Gasteiger partial charge >= 0.3 is 24.2 Å². The minimum Gasteiger partial charge on any atom is -0.459 e. The minimum absolute atomic E-state index is 0.103. The van der Waals surface area contributed by atoms with Crippen molar-refractivity contribution in [1.29, 1.82) is 0 Å². The molecule has 0 atom stereocenters. The van der Waals surface area contributed by atoms with Gasteiger partial charge in [-0.05, 0) is 62.4 Å². The van der Waals surface area contributed by atoms with Gasteiger partial charge in [0.05, 0.1) is 0 Å². The maximum Gasteiger partial charge on any atom is 0.513 e. The Labute approximate surface area is 218 Å². The van der Waals surface area contributed by atoms with E-state index < -0.39 is 24.2 Å². The number of rotatable bonds is 12. The summed E-state index contributed by atoms with van der Waals surface area (Å²) in [6.07, 6.45) is -1.84. The van der Waals surface area contributed by atoms with Crippen LogP contribution in [0.3, 0.4) is 0 Å². The lowest BCUT2D eigenvalue weighted by atomic mass is 10.3. The molecule has 0 saturated heterocycles. The molecular weight excluding hydrogens is 504 g/mol. The van der Waals surface area contributed by atoms with E-state index in [4.69, 9.17) is 28.4 Å². The summed E-state index contributed by atoms with van der Waals surface area (Å²) in [6.45, 7) is 9.43. The molecule has 0 N–H and O–H groups in total. The third-order valence-electron chi connectivity index (χ3n) is 4.06. The molecule has 0 amide bonds. The van der Waals surface area contributed by atoms with E-state index in [2.05, 4.69) is 13.2 Å². The van der Waals surface area contributed by atoms with E-state index in [1.807, 2.05) is 0 Å². The number of hydrogen-bond donors (Lipinski definition) is 0. The molecule has 11 heteroatoms. The normalized spacial score (nSPS) is 10.0. The van der Waals surface area contributed by atoms with Gasteiger partial charge in [0.1, 0.15) is 37.9 Å². The molecule has 0 aromatic heterocycles. The molecule has 0 spiro atoms. The van der Waals surface area contributed by atoms with Crippen LogP contribution in [-0.2, 0) is 28.5 Å². The third kappa shape index (κ3) is 11.4. The molecule has 0 fully saturated rings. The van der Waals surface area contributed by atoms with E-state index >= 15 is 0 Å². The molecule has 0 aliphatic heterocycles. The van der Waals surface area contributed by atoms with Crippen molar-refractivity contribution in [2.75, 3.05) is 26.4 Å². The summed E-state index contributed by atoms with van der Waals surface area (Å²) in [7, 11) is 0. The maximum atomic E-state index is 11.7. The smallest absolute Gasteiger partial charge is 0.459 e. The number of esters is 2. The van der Waals surface area contributed by atoms with Crippen LogP contribution < -0.4 is 9.47 Å². The molecule has 2 rings (SSSR count). The molecule has 0 saturated carbocycles. The van der Waals surface area contributed by atoms with Gasteiger partial charge in [0.15, 0.2) is 0 Å². The average molecular weight is 531 g/mol. The van der Waals surface area contributed by atoms with Gasteiger partial charge in [0.2, 0.25) is 0 Å². The SMILES string of the molecule is C=C(C)C(=O)OCCOC(=O)Oc1ccc(Sc2ccc(OC(=O)OCCOC(=O)C(=C)C)cc2)cc1. The van der Waals surface area contributed by atoms with Crippen molar-refractivity contribution in [2.24, 2.45) is 0 Å². The number of carbonyl (C=O) groups is 4. The minimum atomic E-state index is -0.922. The van der Waals surface area contributed by atoms with Crippen LogP contribution in [-0.4, -0.2) is 50.7 Å². The molecule has 0 aliphatic carbocycles. The molecule has 0 bridgehead atoms. The van der Waals surface area contributed by atoms with Gasteiger partial charge in [-0.15, -0.1) is 0 Å². The summed E-state index contributed by atoms with van der Waals surface area (Å²) >= 11 is 1.43. The van der Waals surface area contributed by atoms with Crippen molar-refractivity contribution in [3.63, 3.8) is 0 Å². The van der Waals surface area contributed by atoms with Crippen molar-refractivity contribution in [3.8, 4) is 11.5 Å². The Balaban J connectivity index is 1.71. The van der Waals surface area contributed by atoms with Crippen LogP contribution in [0, 0.1) is 0 Å². The zero-order valence-corrected chi connectivity index (χ0v) is 21.2. The number of ether oxygens (including phenoxy) is 6. The van der Waals surface area contributed by atoms with Crippen LogP contribution in [0.1, 0.15) is 13.8 Å². The molecule has 0 heterocycles. The van der Waals surface area contributed by atoms with E-state index in [1.54, 1.807) is 48.5 Å². The Bertz CT molecular complexity index is 1030. The van der Waals surface area contributed by atoms with E-state index in [1.165, 1.54) is 25.6 Å². The van der Waals surface area contributed by atoms with Crippen LogP contribution >= 0.6 is 11.8 Å². The summed E-state index contributed by atoms with van der Waals surface area (Å²) in [5.74, 6) is -0.564. The van der Waals surface area contributed by atoms with Crippen molar-refractivity contribution >= 4 is 36.0 Å². The monoisotopic (exact) mass is 530 g/mol. The standard InChI is InChI=1S/C26H26O10S/c1-17(2)23(27)31-13-15-33-25(29)35-19-5-9-21(10-6-19)37-22-11-7-20(8-12-22)36-26(30)34-16-14-32-24(28)18(3)4/h5-12H,1,3,13-16H2,2,4H3. The van der Waals surface area contributed by atoms with Gasteiger partial charge in [0, 0.05) is 20.9 Å². The summed E-state index contributed by atoms with van der Waals surface area (Å²) < 4.78 is 29.5. The molecule has 196 valence electrons. The molecule has 2 aromatic rings. The first-order chi connectivity index (χ1) is 17.6. The van der Waals surface area contributed by atoms with Gasteiger partial charge in [-0.3, -0.25) is 0 Å². The largest absolute Gasteiger partial charge is 0.513 e. The molecule has 0 radical (unpaired) electrons. The molecule has 0 aliphatic rings. The van der Waals surface area contributed by atoms with E-state index in [-0.39, 0.29) is 49.1 Å². The molecule has 0 unspecified atom stereocenters. The Morgan fingerprint density at radius 2 is 0.919 bits per heavy atom. The van der Waals surface area contributed by atoms with Gasteiger partial charge in [0.25, 0.3) is 0 Å². The second kappa shape index (κ2) is 15.0. The van der Waals surface area contributed by atoms with Gasteiger partial charge in [-0.1, -0.05) is 24.9 Å². The summed E-state index contributed by atoms with van der Waals surface area (Å²) in [5.41, 5.74) is 0.504. The van der Waals surface area contributed by atoms with Crippen LogP contribution in [0.2, 0.25) is 0 Å². The predicted molar refractivity (Wildman–Crippen MR) is 133 cm³/mol. The zero-order chi connectivity index (χ0) is 27.2. The predicted octanol–water partition coefficient (Wildman–Crippen LogP) is 5.11. The first-order valence-corrected chi connectivity index (χ1v) is 11.7. The third-order valence-corrected chi connectivity index (χ3v) is 5.07. The first-order valence-electron chi connectivity index (χ1n) is 10.9. The Morgan fingerprint density at radius 1 is 0.595 bits per heavy atom. The van der Waals surface area contributed by atoms with Gasteiger partial charge in [-0.25, -0.2) is 19.2 Å². The highest BCUT2D eigenvalue weighted by Crippen LogP contribution is 2.30. The zero-order valence-electron chi connectivity index (χ0n) is 20.4. The molecule has 2 aromatic carbocycles. The fraction of sp³-hybridized carbons (Fsp3) is 0.231. The molecule has 37 heavy (non-hydrogen) atoms. The first kappa shape index (κ1) is 29.0. The fourth-order valence-corrected chi connectivity index (χ4v) is 3.12. The lowest BCUT2D eigenvalue weighted by Gasteiger charge is -2.08. The highest BCUT2D eigenvalue weighted by Gasteiger charge is 2.10. The van der Waals surface area contributed by atoms with Crippen LogP contribution in [0.25, 0.3) is 0 Å². The maximum absolute atomic E-state index is 11.7. The van der Waals surface area contributed by atoms with Crippen molar-refractivity contribution < 1.29 is 47.6 Å². The fourth-order valence-electron chi connectivity index (χ4n) is 2.30. The number of carbonyl (C=O) groups excluding carboxylic acids is 4. The Kier molecular flexibility index (Phi) is 11.7. The highest BCUT2D eigenvalue weighted by atomic mass is 32.2. The van der Waals surface area contributed by atoms with E-state index in [0.717, 1.165) is 9.79 Å². The lowest BCUT2D eigenvalue weighted by Crippen LogP contribution is -2.16. The van der Waals surface area contributed by atoms with Crippen LogP contribution in [0.15, 0.2) is 82.6 Å². The van der Waals surface area contributed by atoms with Crippen LogP contribution in [0.4, 0.5) is 9.59 Å². The summed E-state index contributed by atoms with van der Waals surface area (Å²) in [4.78, 5) is 47.7. The van der Waals surface area contributed by atoms with Crippen molar-refractivity contribution in [2.45, 2.75) is 23.6 Å². The quantitative estimate of drug-likeness (QED) is 0.120. The van der Waals surface area contributed by atoms with Gasteiger partial charge < -0.3 is 28.4 Å². The summed E-state index contributed by atoms with van der Waals surface area (Å²) in [5, 5.41) is 0. The molecular formula is C26H26O10S. The van der Waals surface area contributed by atoms with E-state index in [9.17, 15) is 19.2 Å². The summed E-state index contributed by atoms with van der Waals surface area (Å²) in [6, 6.07) is 13.4. The van der Waals surface area contributed by atoms with E-state index in [0.29, 0.717) is 0 Å². The Hall–Kier alpha value is -4.25. The molecule has 10 nitrogen and oxygen atoms in total. The second-order valence-corrected chi connectivity index (χ2v) is 8.43. The second-order valence-electron chi connectivity index (χ2n) is 7.28. The topological polar surface area (TPSA) is 124 Å². The number of benzene rings is 2. The van der Waals surface area contributed by atoms with Crippen molar-refractivity contribution in [1.82, 2.24) is 0 Å².